The van der Waals surface area contributed by atoms with Gasteiger partial charge in [0.05, 0.1) is 28.4 Å². The van der Waals surface area contributed by atoms with E-state index in [4.69, 9.17) is 23.2 Å². The molecule has 0 radical (unpaired) electrons. The summed E-state index contributed by atoms with van der Waals surface area (Å²) >= 11 is 12.0. The van der Waals surface area contributed by atoms with E-state index in [1.807, 2.05) is 0 Å². The second kappa shape index (κ2) is 5.55. The molecular formula is C13H8Cl2FNO2. The van der Waals surface area contributed by atoms with Crippen LogP contribution in [0.1, 0.15) is 10.4 Å². The van der Waals surface area contributed by atoms with Crippen LogP contribution >= 0.6 is 23.2 Å². The zero-order valence-electron chi connectivity index (χ0n) is 9.78. The summed E-state index contributed by atoms with van der Waals surface area (Å²) in [7, 11) is 1.21. The molecule has 98 valence electrons. The summed E-state index contributed by atoms with van der Waals surface area (Å²) in [5, 5.41) is 0.642. The Bertz CT molecular complexity index is 626. The molecule has 6 heteroatoms. The van der Waals surface area contributed by atoms with Crippen LogP contribution in [0.4, 0.5) is 4.39 Å². The molecule has 0 aliphatic rings. The summed E-state index contributed by atoms with van der Waals surface area (Å²) in [6.07, 6.45) is 0. The lowest BCUT2D eigenvalue weighted by molar-refractivity contribution is 0.0600. The Morgan fingerprint density at radius 2 is 1.89 bits per heavy atom. The highest BCUT2D eigenvalue weighted by molar-refractivity contribution is 6.39. The average molecular weight is 300 g/mol. The van der Waals surface area contributed by atoms with Crippen LogP contribution in [0.2, 0.25) is 10.0 Å². The lowest BCUT2D eigenvalue weighted by atomic mass is 10.1. The van der Waals surface area contributed by atoms with E-state index in [1.54, 1.807) is 18.2 Å². The highest BCUT2D eigenvalue weighted by atomic mass is 35.5. The van der Waals surface area contributed by atoms with Crippen LogP contribution < -0.4 is 0 Å². The average Bonchev–Trinajstić information content (AvgIpc) is 2.37. The summed E-state index contributed by atoms with van der Waals surface area (Å²) in [4.78, 5) is 15.1. The van der Waals surface area contributed by atoms with Crippen molar-refractivity contribution in [3.8, 4) is 11.3 Å². The Kier molecular flexibility index (Phi) is 4.02. The van der Waals surface area contributed by atoms with Crippen molar-refractivity contribution >= 4 is 29.2 Å². The minimum Gasteiger partial charge on any atom is -0.465 e. The van der Waals surface area contributed by atoms with Gasteiger partial charge in [-0.25, -0.2) is 9.78 Å². The second-order valence-electron chi connectivity index (χ2n) is 3.65. The quantitative estimate of drug-likeness (QED) is 0.622. The number of hydrogen-bond acceptors (Lipinski definition) is 3. The Balaban J connectivity index is 2.63. The first-order chi connectivity index (χ1) is 9.02. The zero-order valence-corrected chi connectivity index (χ0v) is 11.3. The van der Waals surface area contributed by atoms with Crippen molar-refractivity contribution in [3.63, 3.8) is 0 Å². The van der Waals surface area contributed by atoms with Crippen LogP contribution in [0.5, 0.6) is 0 Å². The molecule has 0 atom stereocenters. The molecule has 3 nitrogen and oxygen atoms in total. The maximum absolute atomic E-state index is 13.5. The van der Waals surface area contributed by atoms with E-state index in [0.29, 0.717) is 15.6 Å². The molecule has 0 aliphatic heterocycles. The molecule has 0 unspecified atom stereocenters. The number of benzene rings is 1. The summed E-state index contributed by atoms with van der Waals surface area (Å²) in [6, 6.07) is 7.23. The first-order valence-corrected chi connectivity index (χ1v) is 5.99. The van der Waals surface area contributed by atoms with Gasteiger partial charge in [-0.05, 0) is 18.2 Å². The fourth-order valence-corrected chi connectivity index (χ4v) is 2.19. The van der Waals surface area contributed by atoms with Gasteiger partial charge in [-0.2, -0.15) is 4.39 Å². The topological polar surface area (TPSA) is 39.2 Å². The van der Waals surface area contributed by atoms with Gasteiger partial charge in [0.25, 0.3) is 0 Å². The molecule has 0 bridgehead atoms. The van der Waals surface area contributed by atoms with Gasteiger partial charge in [-0.1, -0.05) is 29.3 Å². The fraction of sp³-hybridized carbons (Fsp3) is 0.0769. The van der Waals surface area contributed by atoms with Crippen molar-refractivity contribution in [1.29, 1.82) is 0 Å². The Labute approximate surface area is 118 Å². The van der Waals surface area contributed by atoms with Gasteiger partial charge in [-0.3, -0.25) is 0 Å². The monoisotopic (exact) mass is 299 g/mol. The number of hydrogen-bond donors (Lipinski definition) is 0. The smallest absolute Gasteiger partial charge is 0.338 e. The number of rotatable bonds is 2. The third kappa shape index (κ3) is 2.85. The predicted molar refractivity (Wildman–Crippen MR) is 71.0 cm³/mol. The van der Waals surface area contributed by atoms with E-state index >= 15 is 0 Å². The molecule has 1 aromatic carbocycles. The molecular weight excluding hydrogens is 292 g/mol. The van der Waals surface area contributed by atoms with Crippen LogP contribution in [-0.4, -0.2) is 18.1 Å². The summed E-state index contributed by atoms with van der Waals surface area (Å²) in [6.45, 7) is 0. The molecule has 0 N–H and O–H groups in total. The normalized spacial score (nSPS) is 10.3. The molecule has 0 saturated carbocycles. The van der Waals surface area contributed by atoms with E-state index in [1.165, 1.54) is 13.2 Å². The minimum atomic E-state index is -0.811. The van der Waals surface area contributed by atoms with Crippen LogP contribution in [0, 0.1) is 5.95 Å². The molecule has 0 aliphatic carbocycles. The largest absolute Gasteiger partial charge is 0.465 e. The molecule has 0 fully saturated rings. The first-order valence-electron chi connectivity index (χ1n) is 5.23. The van der Waals surface area contributed by atoms with Gasteiger partial charge in [-0.15, -0.1) is 0 Å². The maximum Gasteiger partial charge on any atom is 0.338 e. The molecule has 1 aromatic heterocycles. The molecule has 0 saturated heterocycles. The number of nitrogens with zero attached hydrogens (tertiary/aromatic N) is 1. The number of ether oxygens (including phenoxy) is 1. The van der Waals surface area contributed by atoms with Gasteiger partial charge < -0.3 is 4.74 Å². The van der Waals surface area contributed by atoms with Crippen LogP contribution in [0.25, 0.3) is 11.3 Å². The Morgan fingerprint density at radius 1 is 1.26 bits per heavy atom. The van der Waals surface area contributed by atoms with E-state index < -0.39 is 11.9 Å². The van der Waals surface area contributed by atoms with Crippen molar-refractivity contribution in [2.75, 3.05) is 7.11 Å². The van der Waals surface area contributed by atoms with Crippen LogP contribution in [0.3, 0.4) is 0 Å². The molecule has 2 aromatic rings. The minimum absolute atomic E-state index is 0.0426. The summed E-state index contributed by atoms with van der Waals surface area (Å²) in [5.74, 6) is -1.47. The number of carbonyl (C=O) groups excluding carboxylic acids is 1. The third-order valence-electron chi connectivity index (χ3n) is 2.43. The van der Waals surface area contributed by atoms with Gasteiger partial charge >= 0.3 is 5.97 Å². The van der Waals surface area contributed by atoms with Crippen molar-refractivity contribution in [1.82, 2.24) is 4.98 Å². The van der Waals surface area contributed by atoms with E-state index in [2.05, 4.69) is 9.72 Å². The van der Waals surface area contributed by atoms with Gasteiger partial charge in [0.1, 0.15) is 0 Å². The van der Waals surface area contributed by atoms with E-state index in [-0.39, 0.29) is 11.3 Å². The van der Waals surface area contributed by atoms with E-state index in [0.717, 1.165) is 6.07 Å². The van der Waals surface area contributed by atoms with Crippen molar-refractivity contribution < 1.29 is 13.9 Å². The van der Waals surface area contributed by atoms with Crippen molar-refractivity contribution in [3.05, 3.63) is 51.9 Å². The standard InChI is InChI=1S/C13H8Cl2FNO2/c1-19-13(18)7-5-10(17-11(16)6-7)12-8(14)3-2-4-9(12)15/h2-6H,1H3. The zero-order chi connectivity index (χ0) is 14.0. The number of esters is 1. The van der Waals surface area contributed by atoms with Crippen LogP contribution in [-0.2, 0) is 4.74 Å². The molecule has 0 spiro atoms. The second-order valence-corrected chi connectivity index (χ2v) is 4.47. The number of methoxy groups -OCH3 is 1. The highest BCUT2D eigenvalue weighted by Crippen LogP contribution is 2.33. The summed E-state index contributed by atoms with van der Waals surface area (Å²) in [5.41, 5.74) is 0.590. The highest BCUT2D eigenvalue weighted by Gasteiger charge is 2.15. The molecule has 2 rings (SSSR count). The third-order valence-corrected chi connectivity index (χ3v) is 3.06. The molecule has 1 heterocycles. The fourth-order valence-electron chi connectivity index (χ4n) is 1.60. The Hall–Kier alpha value is -1.65. The van der Waals surface area contributed by atoms with Crippen molar-refractivity contribution in [2.45, 2.75) is 0 Å². The summed E-state index contributed by atoms with van der Waals surface area (Å²) < 4.78 is 18.0. The predicted octanol–water partition coefficient (Wildman–Crippen LogP) is 3.98. The van der Waals surface area contributed by atoms with Gasteiger partial charge in [0.2, 0.25) is 5.95 Å². The Morgan fingerprint density at radius 3 is 2.47 bits per heavy atom. The first kappa shape index (κ1) is 13.8. The number of pyridine rings is 1. The van der Waals surface area contributed by atoms with E-state index in [9.17, 15) is 9.18 Å². The number of halogens is 3. The number of carbonyl (C=O) groups is 1. The number of aromatic nitrogens is 1. The molecule has 19 heavy (non-hydrogen) atoms. The SMILES string of the molecule is COC(=O)c1cc(F)nc(-c2c(Cl)cccc2Cl)c1. The lowest BCUT2D eigenvalue weighted by Crippen LogP contribution is -2.03. The maximum atomic E-state index is 13.5. The van der Waals surface area contributed by atoms with Gasteiger partial charge in [0.15, 0.2) is 0 Å². The van der Waals surface area contributed by atoms with Gasteiger partial charge in [0, 0.05) is 11.6 Å². The molecule has 0 amide bonds. The van der Waals surface area contributed by atoms with Crippen molar-refractivity contribution in [2.24, 2.45) is 0 Å². The lowest BCUT2D eigenvalue weighted by Gasteiger charge is -2.08. The van der Waals surface area contributed by atoms with Crippen LogP contribution in [0.15, 0.2) is 30.3 Å².